The van der Waals surface area contributed by atoms with Gasteiger partial charge in [0, 0.05) is 18.7 Å². The van der Waals surface area contributed by atoms with Gasteiger partial charge >= 0.3 is 5.97 Å². The summed E-state index contributed by atoms with van der Waals surface area (Å²) >= 11 is 3.93. The second-order valence-corrected chi connectivity index (χ2v) is 7.80. The van der Waals surface area contributed by atoms with Crippen LogP contribution in [0.1, 0.15) is 32.6 Å². The van der Waals surface area contributed by atoms with Crippen LogP contribution in [0.4, 0.5) is 0 Å². The average Bonchev–Trinajstić information content (AvgIpc) is 2.74. The van der Waals surface area contributed by atoms with Crippen molar-refractivity contribution in [2.45, 2.75) is 62.9 Å². The molecule has 0 bridgehead atoms. The van der Waals surface area contributed by atoms with E-state index in [1.54, 1.807) is 0 Å². The molecule has 4 amide bonds. The summed E-state index contributed by atoms with van der Waals surface area (Å²) in [7, 11) is 0. The number of carboxylic acid groups (broad SMARTS) is 1. The summed E-state index contributed by atoms with van der Waals surface area (Å²) in [5.74, 6) is -4.87. The Morgan fingerprint density at radius 1 is 0.941 bits per heavy atom. The van der Waals surface area contributed by atoms with Gasteiger partial charge in [0.1, 0.15) is 12.1 Å². The molecule has 15 nitrogen and oxygen atoms in total. The van der Waals surface area contributed by atoms with Crippen LogP contribution in [0.25, 0.3) is 0 Å². The summed E-state index contributed by atoms with van der Waals surface area (Å²) in [4.78, 5) is 64.0. The molecular weight excluding hydrogens is 472 g/mol. The number of hydrogen-bond donors (Lipinski definition) is 10. The number of nitrogens with zero attached hydrogens (tertiary/aromatic N) is 1. The summed E-state index contributed by atoms with van der Waals surface area (Å²) in [6.45, 7) is 1.31. The number of carbonyl (C=O) groups is 5. The highest BCUT2D eigenvalue weighted by Gasteiger charge is 2.31. The van der Waals surface area contributed by atoms with Crippen LogP contribution in [0, 0.1) is 0 Å². The number of nitrogens with two attached hydrogens (primary N) is 4. The number of aliphatic hydroxyl groups excluding tert-OH is 1. The Kier molecular flexibility index (Phi) is 14.2. The smallest absolute Gasteiger partial charge is 0.328 e. The first-order valence-corrected chi connectivity index (χ1v) is 11.0. The number of hydrogen-bond acceptors (Lipinski definition) is 9. The van der Waals surface area contributed by atoms with E-state index >= 15 is 0 Å². The Hall–Kier alpha value is -3.11. The van der Waals surface area contributed by atoms with Crippen molar-refractivity contribution in [2.75, 3.05) is 12.3 Å². The van der Waals surface area contributed by atoms with Gasteiger partial charge in [-0.15, -0.1) is 0 Å². The van der Waals surface area contributed by atoms with E-state index in [1.165, 1.54) is 0 Å². The molecule has 0 aliphatic carbocycles. The average molecular weight is 507 g/mol. The standard InChI is InChI=1S/C18H34N8O7S/c1-8(27)13(17(32)33)26-16(31)11(4-5-12(20)28)25-15(30)10(3-2-6-23-18(21)22)24-14(29)9(19)7-34/h8-11,13,27,34H,2-7,19H2,1H3,(H2,20,28)(H,24,29)(H,25,30)(H,26,31)(H,32,33)(H4,21,22,23). The van der Waals surface area contributed by atoms with E-state index in [1.807, 2.05) is 0 Å². The molecule has 0 aromatic rings. The molecule has 0 aliphatic rings. The van der Waals surface area contributed by atoms with Crippen LogP contribution in [0.5, 0.6) is 0 Å². The van der Waals surface area contributed by atoms with Crippen molar-refractivity contribution in [1.82, 2.24) is 16.0 Å². The fourth-order valence-electron chi connectivity index (χ4n) is 2.60. The fraction of sp³-hybridized carbons (Fsp3) is 0.667. The lowest BCUT2D eigenvalue weighted by Crippen LogP contribution is -2.58. The van der Waals surface area contributed by atoms with Gasteiger partial charge < -0.3 is 49.1 Å². The van der Waals surface area contributed by atoms with Crippen LogP contribution in [-0.2, 0) is 24.0 Å². The van der Waals surface area contributed by atoms with E-state index < -0.39 is 59.9 Å². The molecule has 5 unspecified atom stereocenters. The van der Waals surface area contributed by atoms with Crippen molar-refractivity contribution in [2.24, 2.45) is 27.9 Å². The van der Waals surface area contributed by atoms with Gasteiger partial charge in [-0.2, -0.15) is 12.6 Å². The van der Waals surface area contributed by atoms with E-state index in [9.17, 15) is 29.1 Å². The molecule has 0 rings (SSSR count). The van der Waals surface area contributed by atoms with E-state index in [0.717, 1.165) is 6.92 Å². The molecule has 0 saturated carbocycles. The third kappa shape index (κ3) is 12.2. The summed E-state index contributed by atoms with van der Waals surface area (Å²) in [5, 5.41) is 25.7. The zero-order valence-electron chi connectivity index (χ0n) is 18.8. The Morgan fingerprint density at radius 3 is 1.94 bits per heavy atom. The predicted octanol–water partition coefficient (Wildman–Crippen LogP) is -4.52. The number of carboxylic acids is 1. The SMILES string of the molecule is CC(O)C(NC(=O)C(CCC(N)=O)NC(=O)C(CCCN=C(N)N)NC(=O)C(N)CS)C(=O)O. The molecule has 0 radical (unpaired) electrons. The Bertz CT molecular complexity index is 761. The maximum absolute atomic E-state index is 12.9. The van der Waals surface area contributed by atoms with Gasteiger partial charge in [0.15, 0.2) is 12.0 Å². The third-order valence-electron chi connectivity index (χ3n) is 4.47. The van der Waals surface area contributed by atoms with Gasteiger partial charge in [0.2, 0.25) is 23.6 Å². The number of amides is 4. The number of primary amides is 1. The molecule has 0 saturated heterocycles. The van der Waals surface area contributed by atoms with Gasteiger partial charge in [-0.1, -0.05) is 0 Å². The lowest BCUT2D eigenvalue weighted by atomic mass is 10.1. The Morgan fingerprint density at radius 2 is 1.47 bits per heavy atom. The fourth-order valence-corrected chi connectivity index (χ4v) is 2.77. The monoisotopic (exact) mass is 506 g/mol. The second-order valence-electron chi connectivity index (χ2n) is 7.43. The highest BCUT2D eigenvalue weighted by molar-refractivity contribution is 7.80. The first kappa shape index (κ1) is 30.9. The molecular formula is C18H34N8O7S. The summed E-state index contributed by atoms with van der Waals surface area (Å²) in [6, 6.07) is -5.23. The van der Waals surface area contributed by atoms with E-state index in [4.69, 9.17) is 28.0 Å². The molecule has 0 heterocycles. The Labute approximate surface area is 201 Å². The zero-order chi connectivity index (χ0) is 26.4. The first-order chi connectivity index (χ1) is 15.8. The predicted molar refractivity (Wildman–Crippen MR) is 125 cm³/mol. The molecule has 0 fully saturated rings. The van der Waals surface area contributed by atoms with Crippen molar-refractivity contribution < 1.29 is 34.2 Å². The number of guanidine groups is 1. The Balaban J connectivity index is 5.59. The lowest BCUT2D eigenvalue weighted by molar-refractivity contribution is -0.145. The number of carbonyl (C=O) groups excluding carboxylic acids is 4. The van der Waals surface area contributed by atoms with Crippen molar-refractivity contribution in [3.05, 3.63) is 0 Å². The molecule has 0 spiro atoms. The van der Waals surface area contributed by atoms with Crippen molar-refractivity contribution in [1.29, 1.82) is 0 Å². The van der Waals surface area contributed by atoms with Gasteiger partial charge in [-0.05, 0) is 26.2 Å². The van der Waals surface area contributed by atoms with Gasteiger partial charge in [0.05, 0.1) is 12.1 Å². The summed E-state index contributed by atoms with van der Waals surface area (Å²) < 4.78 is 0. The molecule has 16 heteroatoms. The van der Waals surface area contributed by atoms with Crippen LogP contribution >= 0.6 is 12.6 Å². The maximum Gasteiger partial charge on any atom is 0.328 e. The van der Waals surface area contributed by atoms with E-state index in [2.05, 4.69) is 33.6 Å². The first-order valence-electron chi connectivity index (χ1n) is 10.3. The molecule has 0 aromatic carbocycles. The zero-order valence-corrected chi connectivity index (χ0v) is 19.7. The topological polar surface area (TPSA) is 278 Å². The highest BCUT2D eigenvalue weighted by atomic mass is 32.1. The lowest BCUT2D eigenvalue weighted by Gasteiger charge is -2.25. The number of nitrogens with one attached hydrogen (secondary N) is 3. The third-order valence-corrected chi connectivity index (χ3v) is 4.86. The highest BCUT2D eigenvalue weighted by Crippen LogP contribution is 2.05. The quantitative estimate of drug-likeness (QED) is 0.0414. The number of aliphatic carboxylic acids is 1. The summed E-state index contributed by atoms with van der Waals surface area (Å²) in [6.07, 6.45) is -1.68. The molecule has 13 N–H and O–H groups in total. The van der Waals surface area contributed by atoms with E-state index in [-0.39, 0.29) is 43.9 Å². The van der Waals surface area contributed by atoms with Gasteiger partial charge in [0.25, 0.3) is 0 Å². The number of aliphatic imine (C=N–C) groups is 1. The normalized spacial score (nSPS) is 15.1. The van der Waals surface area contributed by atoms with Crippen LogP contribution in [-0.4, -0.2) is 88.3 Å². The van der Waals surface area contributed by atoms with Gasteiger partial charge in [-0.25, -0.2) is 4.79 Å². The van der Waals surface area contributed by atoms with E-state index in [0.29, 0.717) is 0 Å². The molecule has 5 atom stereocenters. The minimum atomic E-state index is -1.66. The molecule has 0 aliphatic heterocycles. The van der Waals surface area contributed by atoms with Crippen LogP contribution in [0.3, 0.4) is 0 Å². The van der Waals surface area contributed by atoms with Crippen LogP contribution < -0.4 is 38.9 Å². The molecule has 194 valence electrons. The van der Waals surface area contributed by atoms with Crippen molar-refractivity contribution in [3.63, 3.8) is 0 Å². The number of aliphatic hydroxyl groups is 1. The van der Waals surface area contributed by atoms with Crippen LogP contribution in [0.15, 0.2) is 4.99 Å². The number of thiol groups is 1. The molecule has 34 heavy (non-hydrogen) atoms. The minimum absolute atomic E-state index is 0.00767. The molecule has 0 aromatic heterocycles. The maximum atomic E-state index is 12.9. The minimum Gasteiger partial charge on any atom is -0.480 e. The summed E-state index contributed by atoms with van der Waals surface area (Å²) in [5.41, 5.74) is 21.3. The second kappa shape index (κ2) is 15.7. The van der Waals surface area contributed by atoms with Gasteiger partial charge in [-0.3, -0.25) is 24.2 Å². The van der Waals surface area contributed by atoms with Crippen molar-refractivity contribution >= 4 is 48.2 Å². The van der Waals surface area contributed by atoms with Crippen LogP contribution in [0.2, 0.25) is 0 Å². The largest absolute Gasteiger partial charge is 0.480 e. The number of rotatable bonds is 16. The van der Waals surface area contributed by atoms with Crippen molar-refractivity contribution in [3.8, 4) is 0 Å².